The van der Waals surface area contributed by atoms with Crippen molar-refractivity contribution >= 4 is 42.1 Å². The number of hydrogen-bond donors (Lipinski definition) is 2. The van der Waals surface area contributed by atoms with Crippen LogP contribution in [-0.2, 0) is 4.74 Å². The van der Waals surface area contributed by atoms with Crippen molar-refractivity contribution in [2.75, 3.05) is 19.7 Å². The molecule has 0 heterocycles. The predicted octanol–water partition coefficient (Wildman–Crippen LogP) is 0.482. The lowest BCUT2D eigenvalue weighted by Gasteiger charge is -2.02. The van der Waals surface area contributed by atoms with Crippen LogP contribution in [0.5, 0.6) is 0 Å². The molecule has 0 aromatic carbocycles. The molecule has 0 aromatic rings. The molecule has 0 saturated heterocycles. The summed E-state index contributed by atoms with van der Waals surface area (Å²) >= 11 is 4.76. The van der Waals surface area contributed by atoms with Gasteiger partial charge in [0.2, 0.25) is 0 Å². The summed E-state index contributed by atoms with van der Waals surface area (Å²) in [6.07, 6.45) is 0.648. The Balaban J connectivity index is -0.000000320. The number of hydrogen-bond acceptors (Lipinski definition) is 4. The van der Waals surface area contributed by atoms with E-state index in [4.69, 9.17) is 28.4 Å². The van der Waals surface area contributed by atoms with Crippen molar-refractivity contribution in [3.63, 3.8) is 0 Å². The molecule has 0 unspecified atom stereocenters. The molecule has 70 valence electrons. The van der Waals surface area contributed by atoms with Crippen molar-refractivity contribution in [2.45, 2.75) is 6.42 Å². The second-order valence-electron chi connectivity index (χ2n) is 1.55. The zero-order valence-corrected chi connectivity index (χ0v) is 8.57. The molecular weight excluding hydrogens is 207 g/mol. The van der Waals surface area contributed by atoms with Crippen molar-refractivity contribution in [3.05, 3.63) is 0 Å². The van der Waals surface area contributed by atoms with E-state index >= 15 is 0 Å². The SMILES string of the molecule is Cl.Cl.NCCOC(=S)CCN. The molecule has 0 amide bonds. The van der Waals surface area contributed by atoms with E-state index in [2.05, 4.69) is 0 Å². The second kappa shape index (κ2) is 13.0. The fourth-order valence-electron chi connectivity index (χ4n) is 0.363. The Morgan fingerprint density at radius 3 is 2.09 bits per heavy atom. The Morgan fingerprint density at radius 1 is 1.18 bits per heavy atom. The Hall–Kier alpha value is 0.390. The zero-order chi connectivity index (χ0) is 7.11. The number of nitrogens with two attached hydrogens (primary N) is 2. The number of rotatable bonds is 4. The summed E-state index contributed by atoms with van der Waals surface area (Å²) in [5.74, 6) is 0. The van der Waals surface area contributed by atoms with E-state index in [-0.39, 0.29) is 24.8 Å². The molecule has 0 aliphatic heterocycles. The molecule has 0 saturated carbocycles. The second-order valence-corrected chi connectivity index (χ2v) is 2.00. The zero-order valence-electron chi connectivity index (χ0n) is 6.12. The van der Waals surface area contributed by atoms with Gasteiger partial charge in [0.1, 0.15) is 6.61 Å². The van der Waals surface area contributed by atoms with Gasteiger partial charge in [-0.2, -0.15) is 0 Å². The van der Waals surface area contributed by atoms with Gasteiger partial charge in [-0.05, 0) is 12.2 Å². The van der Waals surface area contributed by atoms with Gasteiger partial charge in [-0.25, -0.2) is 0 Å². The lowest BCUT2D eigenvalue weighted by atomic mass is 10.5. The van der Waals surface area contributed by atoms with E-state index in [1.165, 1.54) is 0 Å². The Morgan fingerprint density at radius 2 is 1.73 bits per heavy atom. The highest BCUT2D eigenvalue weighted by Crippen LogP contribution is 1.85. The summed E-state index contributed by atoms with van der Waals surface area (Å²) in [7, 11) is 0. The van der Waals surface area contributed by atoms with Gasteiger partial charge in [0, 0.05) is 19.5 Å². The van der Waals surface area contributed by atoms with E-state index in [1.807, 2.05) is 0 Å². The van der Waals surface area contributed by atoms with Crippen LogP contribution in [0.2, 0.25) is 0 Å². The quantitative estimate of drug-likeness (QED) is 0.678. The van der Waals surface area contributed by atoms with Crippen molar-refractivity contribution < 1.29 is 4.74 Å². The van der Waals surface area contributed by atoms with Crippen LogP contribution in [0.4, 0.5) is 0 Å². The highest BCUT2D eigenvalue weighted by Gasteiger charge is 1.92. The molecule has 0 bridgehead atoms. The van der Waals surface area contributed by atoms with Gasteiger partial charge in [-0.15, -0.1) is 24.8 Å². The summed E-state index contributed by atoms with van der Waals surface area (Å²) in [6, 6.07) is 0. The van der Waals surface area contributed by atoms with Crippen LogP contribution in [-0.4, -0.2) is 24.7 Å². The van der Waals surface area contributed by atoms with E-state index < -0.39 is 0 Å². The van der Waals surface area contributed by atoms with E-state index in [9.17, 15) is 0 Å². The maximum absolute atomic E-state index is 5.20. The maximum Gasteiger partial charge on any atom is 0.161 e. The third-order valence-electron chi connectivity index (χ3n) is 0.729. The first-order valence-corrected chi connectivity index (χ1v) is 3.28. The first-order chi connectivity index (χ1) is 4.31. The minimum atomic E-state index is 0. The standard InChI is InChI=1S/C5H12N2OS.2ClH/c6-2-1-5(9)8-4-3-7;;/h1-4,6-7H2;2*1H. The smallest absolute Gasteiger partial charge is 0.161 e. The van der Waals surface area contributed by atoms with E-state index in [0.29, 0.717) is 31.2 Å². The largest absolute Gasteiger partial charge is 0.486 e. The average molecular weight is 221 g/mol. The van der Waals surface area contributed by atoms with Gasteiger partial charge in [0.05, 0.1) is 0 Å². The van der Waals surface area contributed by atoms with Crippen LogP contribution in [0.1, 0.15) is 6.42 Å². The molecule has 0 aliphatic carbocycles. The van der Waals surface area contributed by atoms with Crippen LogP contribution < -0.4 is 11.5 Å². The summed E-state index contributed by atoms with van der Waals surface area (Å²) in [4.78, 5) is 0. The van der Waals surface area contributed by atoms with Crippen molar-refractivity contribution in [1.82, 2.24) is 0 Å². The fourth-order valence-corrected chi connectivity index (χ4v) is 0.564. The molecule has 0 fully saturated rings. The Kier molecular flexibility index (Phi) is 20.7. The highest BCUT2D eigenvalue weighted by atomic mass is 35.5. The Bertz CT molecular complexity index is 94.6. The molecule has 3 nitrogen and oxygen atoms in total. The van der Waals surface area contributed by atoms with Crippen LogP contribution >= 0.6 is 37.0 Å². The van der Waals surface area contributed by atoms with Gasteiger partial charge >= 0.3 is 0 Å². The van der Waals surface area contributed by atoms with Gasteiger partial charge in [-0.1, -0.05) is 0 Å². The summed E-state index contributed by atoms with van der Waals surface area (Å²) in [5, 5.41) is 0.558. The van der Waals surface area contributed by atoms with Crippen LogP contribution in [0, 0.1) is 0 Å². The first-order valence-electron chi connectivity index (χ1n) is 2.87. The molecule has 4 N–H and O–H groups in total. The third-order valence-corrected chi connectivity index (χ3v) is 1.05. The van der Waals surface area contributed by atoms with Crippen LogP contribution in [0.15, 0.2) is 0 Å². The van der Waals surface area contributed by atoms with E-state index in [0.717, 1.165) is 0 Å². The molecule has 11 heavy (non-hydrogen) atoms. The topological polar surface area (TPSA) is 61.3 Å². The summed E-state index contributed by atoms with van der Waals surface area (Å²) < 4.78 is 4.96. The predicted molar refractivity (Wildman–Crippen MR) is 55.8 cm³/mol. The molecule has 0 radical (unpaired) electrons. The fraction of sp³-hybridized carbons (Fsp3) is 0.800. The minimum absolute atomic E-state index is 0. The molecule has 0 rings (SSSR count). The van der Waals surface area contributed by atoms with Crippen molar-refractivity contribution in [1.29, 1.82) is 0 Å². The number of thiocarbonyl (C=S) groups is 1. The Labute approximate surface area is 84.7 Å². The van der Waals surface area contributed by atoms with Gasteiger partial charge in [0.25, 0.3) is 0 Å². The molecular formula is C5H14Cl2N2OS. The molecule has 6 heteroatoms. The third kappa shape index (κ3) is 13.4. The molecule has 0 aliphatic rings. The van der Waals surface area contributed by atoms with Crippen LogP contribution in [0.25, 0.3) is 0 Å². The van der Waals surface area contributed by atoms with E-state index in [1.54, 1.807) is 0 Å². The number of ether oxygens (including phenoxy) is 1. The monoisotopic (exact) mass is 220 g/mol. The highest BCUT2D eigenvalue weighted by molar-refractivity contribution is 7.80. The minimum Gasteiger partial charge on any atom is -0.486 e. The van der Waals surface area contributed by atoms with Gasteiger partial charge in [0.15, 0.2) is 5.05 Å². The van der Waals surface area contributed by atoms with Gasteiger partial charge < -0.3 is 16.2 Å². The molecule has 0 aromatic heterocycles. The van der Waals surface area contributed by atoms with Crippen LogP contribution in [0.3, 0.4) is 0 Å². The summed E-state index contributed by atoms with van der Waals surface area (Å²) in [5.41, 5.74) is 10.4. The molecule has 0 atom stereocenters. The lowest BCUT2D eigenvalue weighted by Crippen LogP contribution is -2.14. The number of halogens is 2. The first kappa shape index (κ1) is 17.5. The van der Waals surface area contributed by atoms with Crippen molar-refractivity contribution in [2.24, 2.45) is 11.5 Å². The normalized spacial score (nSPS) is 7.45. The van der Waals surface area contributed by atoms with Gasteiger partial charge in [-0.3, -0.25) is 0 Å². The average Bonchev–Trinajstić information content (AvgIpc) is 1.85. The van der Waals surface area contributed by atoms with Crippen molar-refractivity contribution in [3.8, 4) is 0 Å². The lowest BCUT2D eigenvalue weighted by molar-refractivity contribution is 0.316. The maximum atomic E-state index is 5.20. The molecule has 0 spiro atoms. The summed E-state index contributed by atoms with van der Waals surface area (Å²) in [6.45, 7) is 1.55.